The van der Waals surface area contributed by atoms with Gasteiger partial charge in [-0.15, -0.1) is 0 Å². The smallest absolute Gasteiger partial charge is 0.256 e. The minimum Gasteiger partial charge on any atom is -0.497 e. The lowest BCUT2D eigenvalue weighted by atomic mass is 10.0. The van der Waals surface area contributed by atoms with E-state index in [1.165, 1.54) is 0 Å². The summed E-state index contributed by atoms with van der Waals surface area (Å²) < 4.78 is 11.0. The molecule has 0 saturated carbocycles. The standard InChI is InChI=1S/C19H14ClNO3/c1-23-14-4-2-12-6-11(10-24-18(12)9-14)7-16-15-5-3-13(20)8-17(15)21-19(16)22/h2-9H,10H2,1H3,(H,21,22)/b16-7-. The molecule has 2 heterocycles. The van der Waals surface area contributed by atoms with Gasteiger partial charge >= 0.3 is 0 Å². The fourth-order valence-corrected chi connectivity index (χ4v) is 3.04. The van der Waals surface area contributed by atoms with Crippen molar-refractivity contribution in [3.05, 3.63) is 64.2 Å². The summed E-state index contributed by atoms with van der Waals surface area (Å²) in [5.41, 5.74) is 4.10. The second-order valence-electron chi connectivity index (χ2n) is 5.61. The molecule has 0 saturated heterocycles. The zero-order valence-electron chi connectivity index (χ0n) is 12.9. The van der Waals surface area contributed by atoms with E-state index in [1.807, 2.05) is 36.4 Å². The van der Waals surface area contributed by atoms with Gasteiger partial charge in [0.15, 0.2) is 0 Å². The number of anilines is 1. The predicted molar refractivity (Wildman–Crippen MR) is 94.5 cm³/mol. The summed E-state index contributed by atoms with van der Waals surface area (Å²) in [6, 6.07) is 11.1. The Balaban J connectivity index is 1.71. The molecular weight excluding hydrogens is 326 g/mol. The van der Waals surface area contributed by atoms with Crippen molar-refractivity contribution < 1.29 is 14.3 Å². The van der Waals surface area contributed by atoms with Gasteiger partial charge in [0.1, 0.15) is 18.1 Å². The summed E-state index contributed by atoms with van der Waals surface area (Å²) in [5.74, 6) is 1.40. The first kappa shape index (κ1) is 14.8. The van der Waals surface area contributed by atoms with E-state index in [9.17, 15) is 4.79 Å². The Morgan fingerprint density at radius 2 is 2.12 bits per heavy atom. The van der Waals surface area contributed by atoms with Gasteiger partial charge in [0, 0.05) is 27.8 Å². The largest absolute Gasteiger partial charge is 0.497 e. The SMILES string of the molecule is COc1ccc2c(c1)OCC(/C=C1\C(=O)Nc3cc(Cl)ccc31)=C2. The number of fused-ring (bicyclic) bond motifs is 2. The summed E-state index contributed by atoms with van der Waals surface area (Å²) in [5, 5.41) is 3.43. The molecule has 0 aromatic heterocycles. The van der Waals surface area contributed by atoms with Gasteiger partial charge in [0.05, 0.1) is 12.8 Å². The minimum atomic E-state index is -0.131. The number of carbonyl (C=O) groups is 1. The van der Waals surface area contributed by atoms with Gasteiger partial charge in [0.25, 0.3) is 5.91 Å². The molecule has 2 aliphatic heterocycles. The van der Waals surface area contributed by atoms with Crippen molar-refractivity contribution >= 4 is 34.8 Å². The monoisotopic (exact) mass is 339 g/mol. The zero-order chi connectivity index (χ0) is 16.7. The average molecular weight is 340 g/mol. The lowest BCUT2D eigenvalue weighted by Crippen LogP contribution is -2.08. The van der Waals surface area contributed by atoms with E-state index in [0.717, 1.165) is 33.9 Å². The van der Waals surface area contributed by atoms with Gasteiger partial charge < -0.3 is 14.8 Å². The van der Waals surface area contributed by atoms with Gasteiger partial charge in [0.2, 0.25) is 0 Å². The molecule has 0 atom stereocenters. The third kappa shape index (κ3) is 2.55. The van der Waals surface area contributed by atoms with E-state index >= 15 is 0 Å². The van der Waals surface area contributed by atoms with E-state index in [0.29, 0.717) is 17.2 Å². The summed E-state index contributed by atoms with van der Waals surface area (Å²) in [7, 11) is 1.62. The number of halogens is 1. The number of nitrogens with one attached hydrogen (secondary N) is 1. The van der Waals surface area contributed by atoms with Gasteiger partial charge in [-0.25, -0.2) is 0 Å². The van der Waals surface area contributed by atoms with Crippen LogP contribution in [0.15, 0.2) is 48.0 Å². The van der Waals surface area contributed by atoms with Crippen molar-refractivity contribution in [2.24, 2.45) is 0 Å². The minimum absolute atomic E-state index is 0.131. The highest BCUT2D eigenvalue weighted by Gasteiger charge is 2.25. The Morgan fingerprint density at radius 3 is 2.96 bits per heavy atom. The molecule has 4 nitrogen and oxygen atoms in total. The van der Waals surface area contributed by atoms with Gasteiger partial charge in [-0.2, -0.15) is 0 Å². The molecule has 1 N–H and O–H groups in total. The van der Waals surface area contributed by atoms with E-state index in [2.05, 4.69) is 5.32 Å². The van der Waals surface area contributed by atoms with Crippen LogP contribution in [0, 0.1) is 0 Å². The Hall–Kier alpha value is -2.72. The number of amides is 1. The van der Waals surface area contributed by atoms with E-state index in [4.69, 9.17) is 21.1 Å². The van der Waals surface area contributed by atoms with Crippen LogP contribution in [-0.4, -0.2) is 19.6 Å². The maximum absolute atomic E-state index is 12.2. The predicted octanol–water partition coefficient (Wildman–Crippen LogP) is 4.16. The van der Waals surface area contributed by atoms with E-state index in [-0.39, 0.29) is 5.91 Å². The molecule has 0 aliphatic carbocycles. The van der Waals surface area contributed by atoms with Gasteiger partial charge in [-0.3, -0.25) is 4.79 Å². The number of carbonyl (C=O) groups excluding carboxylic acids is 1. The van der Waals surface area contributed by atoms with Gasteiger partial charge in [-0.1, -0.05) is 17.7 Å². The molecule has 120 valence electrons. The lowest BCUT2D eigenvalue weighted by Gasteiger charge is -2.17. The number of hydrogen-bond donors (Lipinski definition) is 1. The number of rotatable bonds is 2. The second-order valence-corrected chi connectivity index (χ2v) is 6.05. The van der Waals surface area contributed by atoms with Crippen molar-refractivity contribution in [3.8, 4) is 11.5 Å². The van der Waals surface area contributed by atoms with Crippen molar-refractivity contribution in [3.63, 3.8) is 0 Å². The van der Waals surface area contributed by atoms with Gasteiger partial charge in [-0.05, 0) is 42.0 Å². The van der Waals surface area contributed by atoms with E-state index in [1.54, 1.807) is 19.2 Å². The molecule has 0 unspecified atom stereocenters. The molecule has 2 aliphatic rings. The van der Waals surface area contributed by atoms with Crippen LogP contribution < -0.4 is 14.8 Å². The molecular formula is C19H14ClNO3. The van der Waals surface area contributed by atoms with Crippen LogP contribution in [0.2, 0.25) is 5.02 Å². The number of benzene rings is 2. The van der Waals surface area contributed by atoms with Crippen molar-refractivity contribution in [1.82, 2.24) is 0 Å². The molecule has 0 radical (unpaired) electrons. The Bertz CT molecular complexity index is 915. The fourth-order valence-electron chi connectivity index (χ4n) is 2.87. The molecule has 2 aromatic rings. The lowest BCUT2D eigenvalue weighted by molar-refractivity contribution is -0.110. The molecule has 4 rings (SSSR count). The van der Waals surface area contributed by atoms with Crippen LogP contribution in [0.3, 0.4) is 0 Å². The molecule has 1 amide bonds. The maximum atomic E-state index is 12.2. The first-order valence-corrected chi connectivity index (χ1v) is 7.86. The van der Waals surface area contributed by atoms with Crippen LogP contribution in [0.1, 0.15) is 11.1 Å². The maximum Gasteiger partial charge on any atom is 0.256 e. The third-order valence-electron chi connectivity index (χ3n) is 4.05. The van der Waals surface area contributed by atoms with Crippen molar-refractivity contribution in [2.75, 3.05) is 19.0 Å². The third-order valence-corrected chi connectivity index (χ3v) is 4.29. The zero-order valence-corrected chi connectivity index (χ0v) is 13.7. The number of ether oxygens (including phenoxy) is 2. The molecule has 5 heteroatoms. The number of methoxy groups -OCH3 is 1. The average Bonchev–Trinajstić information content (AvgIpc) is 2.89. The highest BCUT2D eigenvalue weighted by Crippen LogP contribution is 2.36. The topological polar surface area (TPSA) is 47.6 Å². The summed E-state index contributed by atoms with van der Waals surface area (Å²) in [4.78, 5) is 12.2. The van der Waals surface area contributed by atoms with Crippen LogP contribution in [0.25, 0.3) is 11.6 Å². The van der Waals surface area contributed by atoms with E-state index < -0.39 is 0 Å². The first-order chi connectivity index (χ1) is 11.6. The van der Waals surface area contributed by atoms with Crippen LogP contribution in [0.4, 0.5) is 5.69 Å². The Morgan fingerprint density at radius 1 is 1.25 bits per heavy atom. The summed E-state index contributed by atoms with van der Waals surface area (Å²) >= 11 is 5.98. The highest BCUT2D eigenvalue weighted by atomic mass is 35.5. The molecule has 24 heavy (non-hydrogen) atoms. The van der Waals surface area contributed by atoms with Crippen molar-refractivity contribution in [2.45, 2.75) is 0 Å². The fraction of sp³-hybridized carbons (Fsp3) is 0.105. The van der Waals surface area contributed by atoms with Crippen LogP contribution >= 0.6 is 11.6 Å². The molecule has 0 spiro atoms. The van der Waals surface area contributed by atoms with Crippen LogP contribution in [0.5, 0.6) is 11.5 Å². The molecule has 0 bridgehead atoms. The molecule has 2 aromatic carbocycles. The highest BCUT2D eigenvalue weighted by molar-refractivity contribution is 6.34. The Kier molecular flexibility index (Phi) is 3.54. The summed E-state index contributed by atoms with van der Waals surface area (Å²) in [6.07, 6.45) is 3.88. The molecule has 0 fully saturated rings. The van der Waals surface area contributed by atoms with Crippen molar-refractivity contribution in [1.29, 1.82) is 0 Å². The summed E-state index contributed by atoms with van der Waals surface area (Å²) in [6.45, 7) is 0.403. The quantitative estimate of drug-likeness (QED) is 0.836. The first-order valence-electron chi connectivity index (χ1n) is 7.48. The normalized spacial score (nSPS) is 16.8. The van der Waals surface area contributed by atoms with Crippen LogP contribution in [-0.2, 0) is 4.79 Å². The second kappa shape index (κ2) is 5.73. The Labute approximate surface area is 144 Å². The number of hydrogen-bond acceptors (Lipinski definition) is 3.